The Hall–Kier alpha value is -1.10. The minimum atomic E-state index is -0.863. The second-order valence-corrected chi connectivity index (χ2v) is 5.06. The van der Waals surface area contributed by atoms with Crippen LogP contribution < -0.4 is 0 Å². The third-order valence-electron chi connectivity index (χ3n) is 3.86. The van der Waals surface area contributed by atoms with Crippen molar-refractivity contribution in [1.82, 2.24) is 4.90 Å². The number of hydrogen-bond acceptors (Lipinski definition) is 3. The molecule has 1 saturated carbocycles. The van der Waals surface area contributed by atoms with Crippen molar-refractivity contribution >= 4 is 11.9 Å². The fourth-order valence-corrected chi connectivity index (χ4v) is 2.94. The summed E-state index contributed by atoms with van der Waals surface area (Å²) in [5.74, 6) is -1.84. The molecule has 2 rings (SSSR count). The molecule has 0 aromatic heterocycles. The number of carbonyl (C=O) groups excluding carboxylic acids is 1. The zero-order valence-corrected chi connectivity index (χ0v) is 9.84. The number of carbonyl (C=O) groups is 2. The number of aliphatic hydroxyl groups excluding tert-OH is 1. The van der Waals surface area contributed by atoms with Gasteiger partial charge >= 0.3 is 5.97 Å². The molecule has 0 radical (unpaired) electrons. The Morgan fingerprint density at radius 1 is 1.06 bits per heavy atom. The number of rotatable bonds is 2. The molecule has 5 heteroatoms. The molecule has 1 aliphatic heterocycles. The third-order valence-corrected chi connectivity index (χ3v) is 3.86. The van der Waals surface area contributed by atoms with E-state index in [-0.39, 0.29) is 11.8 Å². The fourth-order valence-electron chi connectivity index (χ4n) is 2.94. The molecule has 0 aromatic rings. The average Bonchev–Trinajstić information content (AvgIpc) is 2.77. The number of likely N-dealkylation sites (tertiary alicyclic amines) is 1. The van der Waals surface area contributed by atoms with Crippen molar-refractivity contribution in [2.75, 3.05) is 13.1 Å². The van der Waals surface area contributed by atoms with Crippen LogP contribution in [0.3, 0.4) is 0 Å². The van der Waals surface area contributed by atoms with Gasteiger partial charge in [-0.15, -0.1) is 0 Å². The summed E-state index contributed by atoms with van der Waals surface area (Å²) in [6, 6.07) is 0. The molecule has 96 valence electrons. The molecule has 17 heavy (non-hydrogen) atoms. The molecule has 2 fully saturated rings. The van der Waals surface area contributed by atoms with E-state index in [1.54, 1.807) is 4.90 Å². The molecule has 1 unspecified atom stereocenters. The molecule has 0 bridgehead atoms. The topological polar surface area (TPSA) is 77.8 Å². The molecule has 1 heterocycles. The van der Waals surface area contributed by atoms with Crippen molar-refractivity contribution in [1.29, 1.82) is 0 Å². The van der Waals surface area contributed by atoms with E-state index in [4.69, 9.17) is 5.11 Å². The minimum absolute atomic E-state index is 0.0753. The van der Waals surface area contributed by atoms with Crippen LogP contribution in [0.2, 0.25) is 0 Å². The number of carboxylic acid groups (broad SMARTS) is 1. The van der Waals surface area contributed by atoms with Gasteiger partial charge in [-0.05, 0) is 25.7 Å². The Morgan fingerprint density at radius 3 is 2.41 bits per heavy atom. The molecule has 2 aliphatic rings. The Bertz CT molecular complexity index is 318. The van der Waals surface area contributed by atoms with Gasteiger partial charge in [0.2, 0.25) is 5.91 Å². The molecule has 0 spiro atoms. The summed E-state index contributed by atoms with van der Waals surface area (Å²) in [6.07, 6.45) is 3.17. The first-order chi connectivity index (χ1) is 8.09. The number of hydrogen-bond donors (Lipinski definition) is 2. The van der Waals surface area contributed by atoms with Gasteiger partial charge in [0.05, 0.1) is 17.9 Å². The summed E-state index contributed by atoms with van der Waals surface area (Å²) in [6.45, 7) is 1.01. The first-order valence-corrected chi connectivity index (χ1v) is 6.29. The normalized spacial score (nSPS) is 33.7. The van der Waals surface area contributed by atoms with Gasteiger partial charge in [-0.1, -0.05) is 6.42 Å². The number of aliphatic carboxylic acids is 1. The molecular weight excluding hydrogens is 222 g/mol. The first kappa shape index (κ1) is 12.4. The minimum Gasteiger partial charge on any atom is -0.481 e. The molecule has 2 N–H and O–H groups in total. The zero-order chi connectivity index (χ0) is 12.4. The highest BCUT2D eigenvalue weighted by Gasteiger charge is 2.40. The van der Waals surface area contributed by atoms with Crippen LogP contribution in [0.15, 0.2) is 0 Å². The maximum atomic E-state index is 12.2. The van der Waals surface area contributed by atoms with Crippen LogP contribution >= 0.6 is 0 Å². The average molecular weight is 241 g/mol. The molecule has 1 amide bonds. The molecule has 0 aromatic carbocycles. The summed E-state index contributed by atoms with van der Waals surface area (Å²) in [5.41, 5.74) is 0. The van der Waals surface area contributed by atoms with Crippen LogP contribution in [-0.4, -0.2) is 46.2 Å². The van der Waals surface area contributed by atoms with Gasteiger partial charge in [-0.3, -0.25) is 9.59 Å². The zero-order valence-electron chi connectivity index (χ0n) is 9.84. The molecule has 5 nitrogen and oxygen atoms in total. The van der Waals surface area contributed by atoms with Crippen molar-refractivity contribution < 1.29 is 19.8 Å². The highest BCUT2D eigenvalue weighted by Crippen LogP contribution is 2.33. The van der Waals surface area contributed by atoms with Crippen LogP contribution in [0.25, 0.3) is 0 Å². The predicted molar refractivity (Wildman–Crippen MR) is 60.3 cm³/mol. The highest BCUT2D eigenvalue weighted by atomic mass is 16.4. The second kappa shape index (κ2) is 5.04. The van der Waals surface area contributed by atoms with E-state index >= 15 is 0 Å². The Labute approximate surface area is 100 Å². The van der Waals surface area contributed by atoms with Gasteiger partial charge in [0, 0.05) is 13.1 Å². The van der Waals surface area contributed by atoms with E-state index in [1.807, 2.05) is 0 Å². The van der Waals surface area contributed by atoms with Gasteiger partial charge in [-0.2, -0.15) is 0 Å². The monoisotopic (exact) mass is 241 g/mol. The first-order valence-electron chi connectivity index (χ1n) is 6.29. The summed E-state index contributed by atoms with van der Waals surface area (Å²) in [7, 11) is 0. The summed E-state index contributed by atoms with van der Waals surface area (Å²) in [5, 5.41) is 18.6. The number of β-amino-alcohol motifs (C(OH)–C–C–N with tert-alkyl or cyclic N) is 1. The number of amides is 1. The van der Waals surface area contributed by atoms with Crippen LogP contribution in [0.1, 0.15) is 32.1 Å². The van der Waals surface area contributed by atoms with Crippen molar-refractivity contribution in [3.05, 3.63) is 0 Å². The quantitative estimate of drug-likeness (QED) is 0.736. The van der Waals surface area contributed by atoms with Crippen LogP contribution in [0.4, 0.5) is 0 Å². The molecule has 1 saturated heterocycles. The Kier molecular flexibility index (Phi) is 3.66. The number of carboxylic acids is 1. The standard InChI is InChI=1S/C12H19NO4/c14-8-3-2-6-13(7-8)11(15)9-4-1-5-10(9)12(16)17/h8-10,14H,1-7H2,(H,16,17)/t8?,9-,10+/m1/s1. The summed E-state index contributed by atoms with van der Waals surface area (Å²) < 4.78 is 0. The van der Waals surface area contributed by atoms with Crippen molar-refractivity contribution in [3.8, 4) is 0 Å². The Balaban J connectivity index is 2.01. The lowest BCUT2D eigenvalue weighted by Crippen LogP contribution is -2.46. The van der Waals surface area contributed by atoms with E-state index in [9.17, 15) is 14.7 Å². The maximum Gasteiger partial charge on any atom is 0.307 e. The number of nitrogens with zero attached hydrogens (tertiary/aromatic N) is 1. The van der Waals surface area contributed by atoms with Gasteiger partial charge in [0.15, 0.2) is 0 Å². The number of aliphatic hydroxyl groups is 1. The lowest BCUT2D eigenvalue weighted by Gasteiger charge is -2.32. The third kappa shape index (κ3) is 2.60. The lowest BCUT2D eigenvalue weighted by atomic mass is 9.93. The molecular formula is C12H19NO4. The van der Waals surface area contributed by atoms with Crippen LogP contribution in [-0.2, 0) is 9.59 Å². The van der Waals surface area contributed by atoms with Crippen molar-refractivity contribution in [2.24, 2.45) is 11.8 Å². The largest absolute Gasteiger partial charge is 0.481 e. The van der Waals surface area contributed by atoms with Gasteiger partial charge in [0.25, 0.3) is 0 Å². The fraction of sp³-hybridized carbons (Fsp3) is 0.833. The van der Waals surface area contributed by atoms with Gasteiger partial charge in [0.1, 0.15) is 0 Å². The SMILES string of the molecule is O=C(O)[C@H]1CCC[C@H]1C(=O)N1CCCC(O)C1. The van der Waals surface area contributed by atoms with Crippen LogP contribution in [0, 0.1) is 11.8 Å². The van der Waals surface area contributed by atoms with Crippen molar-refractivity contribution in [3.63, 3.8) is 0 Å². The van der Waals surface area contributed by atoms with E-state index in [0.29, 0.717) is 25.9 Å². The smallest absolute Gasteiger partial charge is 0.307 e. The number of piperidine rings is 1. The van der Waals surface area contributed by atoms with Crippen LogP contribution in [0.5, 0.6) is 0 Å². The van der Waals surface area contributed by atoms with E-state index < -0.39 is 18.0 Å². The predicted octanol–water partition coefficient (Wildman–Crippen LogP) is 0.471. The van der Waals surface area contributed by atoms with Crippen molar-refractivity contribution in [2.45, 2.75) is 38.2 Å². The van der Waals surface area contributed by atoms with Gasteiger partial charge < -0.3 is 15.1 Å². The summed E-state index contributed by atoms with van der Waals surface area (Å²) in [4.78, 5) is 24.9. The van der Waals surface area contributed by atoms with Gasteiger partial charge in [-0.25, -0.2) is 0 Å². The molecule has 3 atom stereocenters. The summed E-state index contributed by atoms with van der Waals surface area (Å²) >= 11 is 0. The second-order valence-electron chi connectivity index (χ2n) is 5.06. The van der Waals surface area contributed by atoms with E-state index in [0.717, 1.165) is 19.3 Å². The lowest BCUT2D eigenvalue weighted by molar-refractivity contribution is -0.150. The van der Waals surface area contributed by atoms with E-state index in [2.05, 4.69) is 0 Å². The van der Waals surface area contributed by atoms with E-state index in [1.165, 1.54) is 0 Å². The maximum absolute atomic E-state index is 12.2. The molecule has 1 aliphatic carbocycles. The Morgan fingerprint density at radius 2 is 1.76 bits per heavy atom. The highest BCUT2D eigenvalue weighted by molar-refractivity contribution is 5.85.